The Morgan fingerprint density at radius 3 is 3.07 bits per heavy atom. The molecule has 3 N–H and O–H groups in total. The van der Waals surface area contributed by atoms with Crippen LogP contribution in [-0.2, 0) is 4.79 Å². The first-order valence-corrected chi connectivity index (χ1v) is 5.31. The maximum Gasteiger partial charge on any atom is 0.242 e. The SMILES string of the molecule is Cc1cn[nH]c1NC(=O)C1CCCCN1. The van der Waals surface area contributed by atoms with E-state index < -0.39 is 0 Å². The predicted octanol–water partition coefficient (Wildman–Crippen LogP) is 0.799. The van der Waals surface area contributed by atoms with Crippen molar-refractivity contribution in [2.24, 2.45) is 0 Å². The molecule has 1 aromatic rings. The lowest BCUT2D eigenvalue weighted by atomic mass is 10.0. The molecule has 1 aliphatic rings. The third kappa shape index (κ3) is 2.36. The number of hydrogen-bond acceptors (Lipinski definition) is 3. The Morgan fingerprint density at radius 2 is 2.47 bits per heavy atom. The van der Waals surface area contributed by atoms with Crippen LogP contribution in [0.1, 0.15) is 24.8 Å². The number of anilines is 1. The fraction of sp³-hybridized carbons (Fsp3) is 0.600. The minimum absolute atomic E-state index is 0.0297. The summed E-state index contributed by atoms with van der Waals surface area (Å²) in [6.45, 7) is 2.84. The van der Waals surface area contributed by atoms with Crippen molar-refractivity contribution >= 4 is 11.7 Å². The van der Waals surface area contributed by atoms with Gasteiger partial charge in [-0.1, -0.05) is 6.42 Å². The van der Waals surface area contributed by atoms with Crippen LogP contribution < -0.4 is 10.6 Å². The van der Waals surface area contributed by atoms with Crippen LogP contribution in [0.2, 0.25) is 0 Å². The van der Waals surface area contributed by atoms with Gasteiger partial charge in [-0.25, -0.2) is 0 Å². The van der Waals surface area contributed by atoms with Gasteiger partial charge in [-0.05, 0) is 26.3 Å². The lowest BCUT2D eigenvalue weighted by Gasteiger charge is -2.22. The Bertz CT molecular complexity index is 341. The zero-order valence-electron chi connectivity index (χ0n) is 8.84. The number of nitrogens with one attached hydrogen (secondary N) is 3. The fourth-order valence-electron chi connectivity index (χ4n) is 1.76. The second-order valence-corrected chi connectivity index (χ2v) is 3.92. The number of carbonyl (C=O) groups excluding carboxylic acids is 1. The number of aryl methyl sites for hydroxylation is 1. The molecule has 5 nitrogen and oxygen atoms in total. The zero-order valence-corrected chi connectivity index (χ0v) is 8.84. The van der Waals surface area contributed by atoms with Gasteiger partial charge in [-0.2, -0.15) is 5.10 Å². The van der Waals surface area contributed by atoms with E-state index in [4.69, 9.17) is 0 Å². The second-order valence-electron chi connectivity index (χ2n) is 3.92. The third-order valence-corrected chi connectivity index (χ3v) is 2.70. The molecule has 0 aromatic carbocycles. The number of rotatable bonds is 2. The largest absolute Gasteiger partial charge is 0.309 e. The van der Waals surface area contributed by atoms with Crippen molar-refractivity contribution in [3.8, 4) is 0 Å². The Hall–Kier alpha value is -1.36. The van der Waals surface area contributed by atoms with E-state index in [2.05, 4.69) is 20.8 Å². The molecule has 2 heterocycles. The van der Waals surface area contributed by atoms with E-state index in [0.717, 1.165) is 31.4 Å². The number of carbonyl (C=O) groups is 1. The van der Waals surface area contributed by atoms with Gasteiger partial charge in [0, 0.05) is 5.56 Å². The summed E-state index contributed by atoms with van der Waals surface area (Å²) in [5, 5.41) is 12.7. The zero-order chi connectivity index (χ0) is 10.7. The molecule has 1 aromatic heterocycles. The molecular formula is C10H16N4O. The quantitative estimate of drug-likeness (QED) is 0.673. The molecule has 0 saturated carbocycles. The first-order valence-electron chi connectivity index (χ1n) is 5.31. The second kappa shape index (κ2) is 4.44. The lowest BCUT2D eigenvalue weighted by Crippen LogP contribution is -2.43. The van der Waals surface area contributed by atoms with Crippen molar-refractivity contribution in [1.82, 2.24) is 15.5 Å². The Kier molecular flexibility index (Phi) is 3.01. The summed E-state index contributed by atoms with van der Waals surface area (Å²) in [7, 11) is 0. The van der Waals surface area contributed by atoms with E-state index in [1.54, 1.807) is 6.20 Å². The van der Waals surface area contributed by atoms with Crippen molar-refractivity contribution in [1.29, 1.82) is 0 Å². The minimum Gasteiger partial charge on any atom is -0.309 e. The van der Waals surface area contributed by atoms with Crippen LogP contribution in [-0.4, -0.2) is 28.7 Å². The molecule has 1 fully saturated rings. The van der Waals surface area contributed by atoms with Gasteiger partial charge in [0.05, 0.1) is 12.2 Å². The summed E-state index contributed by atoms with van der Waals surface area (Å²) in [5.74, 6) is 0.731. The van der Waals surface area contributed by atoms with Crippen LogP contribution in [0.25, 0.3) is 0 Å². The van der Waals surface area contributed by atoms with E-state index >= 15 is 0 Å². The monoisotopic (exact) mass is 208 g/mol. The van der Waals surface area contributed by atoms with Crippen molar-refractivity contribution in [3.05, 3.63) is 11.8 Å². The van der Waals surface area contributed by atoms with Crippen LogP contribution >= 0.6 is 0 Å². The summed E-state index contributed by atoms with van der Waals surface area (Å²) in [6, 6.07) is -0.0542. The molecular weight excluding hydrogens is 192 g/mol. The summed E-state index contributed by atoms with van der Waals surface area (Å²) in [6.07, 6.45) is 4.89. The Labute approximate surface area is 88.6 Å². The molecule has 0 radical (unpaired) electrons. The first kappa shape index (κ1) is 10.2. The molecule has 1 aliphatic heterocycles. The number of aromatic amines is 1. The third-order valence-electron chi connectivity index (χ3n) is 2.70. The smallest absolute Gasteiger partial charge is 0.242 e. The van der Waals surface area contributed by atoms with Crippen molar-refractivity contribution in [2.45, 2.75) is 32.2 Å². The van der Waals surface area contributed by atoms with Gasteiger partial charge < -0.3 is 10.6 Å². The van der Waals surface area contributed by atoms with Crippen molar-refractivity contribution < 1.29 is 4.79 Å². The summed E-state index contributed by atoms with van der Waals surface area (Å²) in [5.41, 5.74) is 0.958. The summed E-state index contributed by atoms with van der Waals surface area (Å²) in [4.78, 5) is 11.8. The van der Waals surface area contributed by atoms with Gasteiger partial charge in [-0.3, -0.25) is 9.89 Å². The molecule has 82 valence electrons. The number of H-pyrrole nitrogens is 1. The highest BCUT2D eigenvalue weighted by Gasteiger charge is 2.21. The van der Waals surface area contributed by atoms with Crippen LogP contribution in [0.5, 0.6) is 0 Å². The Balaban J connectivity index is 1.94. The molecule has 15 heavy (non-hydrogen) atoms. The molecule has 1 atom stereocenters. The standard InChI is InChI=1S/C10H16N4O/c1-7-6-12-14-9(7)13-10(15)8-4-2-3-5-11-8/h6,8,11H,2-5H2,1H3,(H2,12,13,14,15). The minimum atomic E-state index is -0.0542. The van der Waals surface area contributed by atoms with Gasteiger partial charge >= 0.3 is 0 Å². The van der Waals surface area contributed by atoms with Crippen LogP contribution in [0.3, 0.4) is 0 Å². The van der Waals surface area contributed by atoms with Crippen LogP contribution in [0.15, 0.2) is 6.20 Å². The maximum absolute atomic E-state index is 11.8. The van der Waals surface area contributed by atoms with E-state index in [1.807, 2.05) is 6.92 Å². The van der Waals surface area contributed by atoms with Crippen molar-refractivity contribution in [3.63, 3.8) is 0 Å². The highest BCUT2D eigenvalue weighted by atomic mass is 16.2. The number of aromatic nitrogens is 2. The molecule has 1 amide bonds. The highest BCUT2D eigenvalue weighted by Crippen LogP contribution is 2.12. The molecule has 2 rings (SSSR count). The number of piperidine rings is 1. The molecule has 1 unspecified atom stereocenters. The van der Waals surface area contributed by atoms with E-state index in [1.165, 1.54) is 0 Å². The van der Waals surface area contributed by atoms with Gasteiger partial charge in [0.2, 0.25) is 5.91 Å². The first-order chi connectivity index (χ1) is 7.27. The fourth-order valence-corrected chi connectivity index (χ4v) is 1.76. The molecule has 5 heteroatoms. The number of amides is 1. The predicted molar refractivity (Wildman–Crippen MR) is 57.6 cm³/mol. The van der Waals surface area contributed by atoms with E-state index in [9.17, 15) is 4.79 Å². The molecule has 0 spiro atoms. The summed E-state index contributed by atoms with van der Waals surface area (Å²) >= 11 is 0. The van der Waals surface area contributed by atoms with Gasteiger partial charge in [0.25, 0.3) is 0 Å². The van der Waals surface area contributed by atoms with Crippen molar-refractivity contribution in [2.75, 3.05) is 11.9 Å². The van der Waals surface area contributed by atoms with Crippen LogP contribution in [0.4, 0.5) is 5.82 Å². The van der Waals surface area contributed by atoms with E-state index in [-0.39, 0.29) is 11.9 Å². The molecule has 0 bridgehead atoms. The lowest BCUT2D eigenvalue weighted by molar-refractivity contribution is -0.118. The van der Waals surface area contributed by atoms with Crippen LogP contribution in [0, 0.1) is 6.92 Å². The molecule has 1 saturated heterocycles. The number of nitrogens with zero attached hydrogens (tertiary/aromatic N) is 1. The topological polar surface area (TPSA) is 69.8 Å². The van der Waals surface area contributed by atoms with E-state index in [0.29, 0.717) is 5.82 Å². The van der Waals surface area contributed by atoms with Gasteiger partial charge in [-0.15, -0.1) is 0 Å². The maximum atomic E-state index is 11.8. The highest BCUT2D eigenvalue weighted by molar-refractivity contribution is 5.94. The Morgan fingerprint density at radius 1 is 1.60 bits per heavy atom. The van der Waals surface area contributed by atoms with Gasteiger partial charge in [0.1, 0.15) is 5.82 Å². The molecule has 0 aliphatic carbocycles. The number of hydrogen-bond donors (Lipinski definition) is 3. The normalized spacial score (nSPS) is 21.3. The van der Waals surface area contributed by atoms with Gasteiger partial charge in [0.15, 0.2) is 0 Å². The average molecular weight is 208 g/mol. The average Bonchev–Trinajstić information content (AvgIpc) is 2.66. The summed E-state index contributed by atoms with van der Waals surface area (Å²) < 4.78 is 0.